The molecule has 9 heteroatoms. The molecule has 1 fully saturated rings. The number of carbonyl (C=O) groups is 1. The van der Waals surface area contributed by atoms with Crippen LogP contribution in [0.1, 0.15) is 23.2 Å². The number of methoxy groups -OCH3 is 1. The third-order valence-corrected chi connectivity index (χ3v) is 8.02. The van der Waals surface area contributed by atoms with E-state index in [0.29, 0.717) is 29.2 Å². The zero-order valence-electron chi connectivity index (χ0n) is 16.2. The number of thiazole rings is 1. The minimum absolute atomic E-state index is 0.202. The van der Waals surface area contributed by atoms with Crippen LogP contribution in [0.2, 0.25) is 0 Å². The maximum atomic E-state index is 12.7. The number of para-hydroxylation sites is 1. The molecule has 0 unspecified atom stereocenters. The number of rotatable bonds is 4. The molecule has 0 radical (unpaired) electrons. The number of sulfonamides is 1. The molecule has 0 saturated carbocycles. The molecular formula is C20H21N3O4S2. The van der Waals surface area contributed by atoms with Crippen molar-refractivity contribution in [1.29, 1.82) is 0 Å². The molecule has 0 aliphatic carbocycles. The molecule has 0 bridgehead atoms. The van der Waals surface area contributed by atoms with Gasteiger partial charge in [0.15, 0.2) is 4.80 Å². The van der Waals surface area contributed by atoms with Gasteiger partial charge in [-0.1, -0.05) is 17.4 Å². The largest absolute Gasteiger partial charge is 0.495 e. The number of carbonyl (C=O) groups excluding carboxylic acids is 1. The minimum Gasteiger partial charge on any atom is -0.495 e. The molecular weight excluding hydrogens is 410 g/mol. The van der Waals surface area contributed by atoms with Crippen LogP contribution in [-0.2, 0) is 17.1 Å². The first-order valence-corrected chi connectivity index (χ1v) is 11.5. The van der Waals surface area contributed by atoms with Crippen molar-refractivity contribution in [2.24, 2.45) is 12.0 Å². The predicted molar refractivity (Wildman–Crippen MR) is 112 cm³/mol. The van der Waals surface area contributed by atoms with Gasteiger partial charge >= 0.3 is 0 Å². The van der Waals surface area contributed by atoms with E-state index in [4.69, 9.17) is 4.74 Å². The summed E-state index contributed by atoms with van der Waals surface area (Å²) >= 11 is 1.39. The number of benzene rings is 2. The second-order valence-electron chi connectivity index (χ2n) is 6.80. The lowest BCUT2D eigenvalue weighted by atomic mass is 10.2. The van der Waals surface area contributed by atoms with Gasteiger partial charge in [-0.05, 0) is 49.2 Å². The maximum Gasteiger partial charge on any atom is 0.279 e. The lowest BCUT2D eigenvalue weighted by molar-refractivity contribution is 0.0998. The second-order valence-corrected chi connectivity index (χ2v) is 9.75. The fraction of sp³-hybridized carbons (Fsp3) is 0.300. The van der Waals surface area contributed by atoms with Crippen molar-refractivity contribution in [2.45, 2.75) is 17.7 Å². The summed E-state index contributed by atoms with van der Waals surface area (Å²) in [7, 11) is -0.0605. The summed E-state index contributed by atoms with van der Waals surface area (Å²) in [5, 5.41) is 0. The number of nitrogens with zero attached hydrogens (tertiary/aromatic N) is 3. The summed E-state index contributed by atoms with van der Waals surface area (Å²) < 4.78 is 34.9. The van der Waals surface area contributed by atoms with Crippen LogP contribution in [0.25, 0.3) is 10.2 Å². The highest BCUT2D eigenvalue weighted by atomic mass is 32.2. The maximum absolute atomic E-state index is 12.7. The first kappa shape index (κ1) is 19.8. The zero-order valence-corrected chi connectivity index (χ0v) is 17.8. The van der Waals surface area contributed by atoms with Crippen molar-refractivity contribution < 1.29 is 17.9 Å². The van der Waals surface area contributed by atoms with E-state index in [9.17, 15) is 13.2 Å². The molecule has 0 atom stereocenters. The van der Waals surface area contributed by atoms with Crippen molar-refractivity contribution in [1.82, 2.24) is 8.87 Å². The summed E-state index contributed by atoms with van der Waals surface area (Å²) in [6.07, 6.45) is 1.76. The Labute approximate surface area is 172 Å². The zero-order chi connectivity index (χ0) is 20.6. The van der Waals surface area contributed by atoms with Gasteiger partial charge in [-0.3, -0.25) is 4.79 Å². The van der Waals surface area contributed by atoms with Gasteiger partial charge in [0.1, 0.15) is 11.3 Å². The summed E-state index contributed by atoms with van der Waals surface area (Å²) in [6, 6.07) is 11.7. The fourth-order valence-corrected chi connectivity index (χ4v) is 5.99. The average molecular weight is 432 g/mol. The van der Waals surface area contributed by atoms with Crippen LogP contribution >= 0.6 is 11.3 Å². The van der Waals surface area contributed by atoms with Gasteiger partial charge in [0, 0.05) is 25.7 Å². The van der Waals surface area contributed by atoms with Crippen molar-refractivity contribution in [3.05, 3.63) is 52.8 Å². The molecule has 1 amide bonds. The van der Waals surface area contributed by atoms with Crippen molar-refractivity contribution in [2.75, 3.05) is 20.2 Å². The van der Waals surface area contributed by atoms with Gasteiger partial charge in [-0.15, -0.1) is 0 Å². The molecule has 2 aromatic carbocycles. The van der Waals surface area contributed by atoms with Crippen molar-refractivity contribution >= 4 is 37.5 Å². The van der Waals surface area contributed by atoms with E-state index in [1.807, 2.05) is 29.8 Å². The van der Waals surface area contributed by atoms with E-state index < -0.39 is 15.9 Å². The number of hydrogen-bond acceptors (Lipinski definition) is 5. The highest BCUT2D eigenvalue weighted by molar-refractivity contribution is 7.89. The molecule has 2 heterocycles. The first-order valence-electron chi connectivity index (χ1n) is 9.23. The van der Waals surface area contributed by atoms with E-state index in [-0.39, 0.29) is 4.90 Å². The van der Waals surface area contributed by atoms with Crippen molar-refractivity contribution in [3.8, 4) is 5.75 Å². The molecule has 0 N–H and O–H groups in total. The topological polar surface area (TPSA) is 81.0 Å². The predicted octanol–water partition coefficient (Wildman–Crippen LogP) is 2.77. The van der Waals surface area contributed by atoms with Crippen LogP contribution < -0.4 is 9.54 Å². The summed E-state index contributed by atoms with van der Waals surface area (Å²) in [5.41, 5.74) is 1.22. The van der Waals surface area contributed by atoms with Gasteiger partial charge in [-0.2, -0.15) is 9.30 Å². The van der Waals surface area contributed by atoms with Crippen LogP contribution in [0.3, 0.4) is 0 Å². The number of aromatic nitrogens is 1. The quantitative estimate of drug-likeness (QED) is 0.636. The molecule has 152 valence electrons. The third-order valence-electron chi connectivity index (χ3n) is 5.01. The Balaban J connectivity index is 1.66. The van der Waals surface area contributed by atoms with Gasteiger partial charge < -0.3 is 9.30 Å². The molecule has 29 heavy (non-hydrogen) atoms. The Morgan fingerprint density at radius 2 is 1.79 bits per heavy atom. The van der Waals surface area contributed by atoms with E-state index >= 15 is 0 Å². The van der Waals surface area contributed by atoms with E-state index in [1.54, 1.807) is 7.11 Å². The second kappa shape index (κ2) is 7.74. The first-order chi connectivity index (χ1) is 13.9. The van der Waals surface area contributed by atoms with Crippen LogP contribution in [0.5, 0.6) is 5.75 Å². The minimum atomic E-state index is -3.50. The number of fused-ring (bicyclic) bond motifs is 1. The molecule has 1 aromatic heterocycles. The molecule has 0 spiro atoms. The molecule has 3 aromatic rings. The SMILES string of the molecule is COc1cccc2sc(=NC(=O)c3ccc(S(=O)(=O)N4CCCC4)cc3)n(C)c12. The van der Waals surface area contributed by atoms with Gasteiger partial charge in [-0.25, -0.2) is 8.42 Å². The molecule has 1 aliphatic rings. The lowest BCUT2D eigenvalue weighted by Crippen LogP contribution is -2.27. The summed E-state index contributed by atoms with van der Waals surface area (Å²) in [6.45, 7) is 1.09. The van der Waals surface area contributed by atoms with Crippen LogP contribution in [-0.4, -0.2) is 43.4 Å². The normalized spacial score (nSPS) is 15.9. The van der Waals surface area contributed by atoms with Crippen LogP contribution in [0.15, 0.2) is 52.4 Å². The van der Waals surface area contributed by atoms with Crippen LogP contribution in [0.4, 0.5) is 0 Å². The van der Waals surface area contributed by atoms with E-state index in [2.05, 4.69) is 4.99 Å². The standard InChI is InChI=1S/C20H21N3O4S2/c1-22-18-16(27-2)6-5-7-17(18)28-20(22)21-19(24)14-8-10-15(11-9-14)29(25,26)23-12-3-4-13-23/h5-11H,3-4,12-13H2,1-2H3. The van der Waals surface area contributed by atoms with Gasteiger partial charge in [0.05, 0.1) is 16.7 Å². The number of ether oxygens (including phenoxy) is 1. The highest BCUT2D eigenvalue weighted by Crippen LogP contribution is 2.26. The molecule has 7 nitrogen and oxygen atoms in total. The van der Waals surface area contributed by atoms with Gasteiger partial charge in [0.2, 0.25) is 10.0 Å². The Bertz CT molecular complexity index is 1230. The molecule has 1 aliphatic heterocycles. The Hall–Kier alpha value is -2.49. The number of aryl methyl sites for hydroxylation is 1. The lowest BCUT2D eigenvalue weighted by Gasteiger charge is -2.15. The number of amides is 1. The van der Waals surface area contributed by atoms with Crippen molar-refractivity contribution in [3.63, 3.8) is 0 Å². The Morgan fingerprint density at radius 3 is 2.45 bits per heavy atom. The smallest absolute Gasteiger partial charge is 0.279 e. The fourth-order valence-electron chi connectivity index (χ4n) is 3.44. The van der Waals surface area contributed by atoms with E-state index in [1.165, 1.54) is 39.9 Å². The van der Waals surface area contributed by atoms with Gasteiger partial charge in [0.25, 0.3) is 5.91 Å². The highest BCUT2D eigenvalue weighted by Gasteiger charge is 2.27. The third kappa shape index (κ3) is 3.61. The van der Waals surface area contributed by atoms with E-state index in [0.717, 1.165) is 23.1 Å². The monoisotopic (exact) mass is 431 g/mol. The Kier molecular flexibility index (Phi) is 5.28. The molecule has 4 rings (SSSR count). The van der Waals surface area contributed by atoms with Crippen LogP contribution in [0, 0.1) is 0 Å². The Morgan fingerprint density at radius 1 is 1.10 bits per heavy atom. The number of hydrogen-bond donors (Lipinski definition) is 0. The average Bonchev–Trinajstić information content (AvgIpc) is 3.37. The summed E-state index contributed by atoms with van der Waals surface area (Å²) in [5.74, 6) is 0.294. The molecule has 1 saturated heterocycles. The summed E-state index contributed by atoms with van der Waals surface area (Å²) in [4.78, 5) is 17.6.